The van der Waals surface area contributed by atoms with E-state index in [1.807, 2.05) is 28.9 Å². The van der Waals surface area contributed by atoms with Gasteiger partial charge in [-0.15, -0.1) is 0 Å². The minimum atomic E-state index is 0.0269. The van der Waals surface area contributed by atoms with E-state index in [4.69, 9.17) is 5.26 Å². The molecule has 86 valence electrons. The summed E-state index contributed by atoms with van der Waals surface area (Å²) in [4.78, 5) is 0. The van der Waals surface area contributed by atoms with E-state index in [-0.39, 0.29) is 5.41 Å². The van der Waals surface area contributed by atoms with Crippen LogP contribution in [0.2, 0.25) is 0 Å². The lowest BCUT2D eigenvalue weighted by Crippen LogP contribution is -2.17. The first-order valence-corrected chi connectivity index (χ1v) is 5.57. The third kappa shape index (κ3) is 2.21. The fourth-order valence-electron chi connectivity index (χ4n) is 1.78. The molecule has 0 aliphatic rings. The fourth-order valence-corrected chi connectivity index (χ4v) is 1.78. The Balaban J connectivity index is 2.55. The van der Waals surface area contributed by atoms with Crippen LogP contribution in [0.3, 0.4) is 0 Å². The van der Waals surface area contributed by atoms with E-state index in [2.05, 4.69) is 31.9 Å². The summed E-state index contributed by atoms with van der Waals surface area (Å²) < 4.78 is 1.89. The Morgan fingerprint density at radius 3 is 2.65 bits per heavy atom. The summed E-state index contributed by atoms with van der Waals surface area (Å²) in [5.74, 6) is 0. The first kappa shape index (κ1) is 11.4. The highest BCUT2D eigenvalue weighted by atomic mass is 15.3. The molecule has 0 atom stereocenters. The molecule has 0 saturated heterocycles. The van der Waals surface area contributed by atoms with Crippen molar-refractivity contribution in [1.29, 1.82) is 5.26 Å². The highest BCUT2D eigenvalue weighted by Crippen LogP contribution is 2.24. The van der Waals surface area contributed by atoms with Crippen LogP contribution in [0, 0.1) is 11.3 Å². The normalized spacial score (nSPS) is 11.2. The lowest BCUT2D eigenvalue weighted by atomic mass is 9.92. The van der Waals surface area contributed by atoms with Crippen molar-refractivity contribution in [1.82, 2.24) is 9.78 Å². The predicted octanol–water partition coefficient (Wildman–Crippen LogP) is 3.04. The smallest absolute Gasteiger partial charge is 0.0992 e. The molecule has 1 aromatic heterocycles. The minimum absolute atomic E-state index is 0.0269. The monoisotopic (exact) mass is 225 g/mol. The largest absolute Gasteiger partial charge is 0.237 e. The zero-order chi connectivity index (χ0) is 12.5. The molecular weight excluding hydrogens is 210 g/mol. The van der Waals surface area contributed by atoms with E-state index in [1.54, 1.807) is 12.3 Å². The number of hydrogen-bond donors (Lipinski definition) is 0. The maximum atomic E-state index is 8.91. The Kier molecular flexibility index (Phi) is 2.72. The summed E-state index contributed by atoms with van der Waals surface area (Å²) in [6.07, 6.45) is 1.79. The maximum absolute atomic E-state index is 8.91. The van der Waals surface area contributed by atoms with Crippen molar-refractivity contribution in [2.45, 2.75) is 26.2 Å². The lowest BCUT2D eigenvalue weighted by molar-refractivity contribution is 0.544. The molecule has 1 heterocycles. The highest BCUT2D eigenvalue weighted by Gasteiger charge is 2.19. The van der Waals surface area contributed by atoms with Crippen LogP contribution in [0.4, 0.5) is 0 Å². The maximum Gasteiger partial charge on any atom is 0.0992 e. The summed E-state index contributed by atoms with van der Waals surface area (Å²) in [5.41, 5.74) is 2.74. The van der Waals surface area contributed by atoms with Gasteiger partial charge in [-0.2, -0.15) is 10.4 Å². The van der Waals surface area contributed by atoms with Gasteiger partial charge in [-0.05, 0) is 24.3 Å². The zero-order valence-electron chi connectivity index (χ0n) is 10.3. The van der Waals surface area contributed by atoms with E-state index in [9.17, 15) is 0 Å². The van der Waals surface area contributed by atoms with E-state index >= 15 is 0 Å². The molecule has 0 N–H and O–H groups in total. The molecule has 2 rings (SSSR count). The van der Waals surface area contributed by atoms with Crippen LogP contribution in [0.5, 0.6) is 0 Å². The number of nitrogens with zero attached hydrogens (tertiary/aromatic N) is 3. The van der Waals surface area contributed by atoms with Crippen LogP contribution in [0.1, 0.15) is 32.0 Å². The third-order valence-electron chi connectivity index (χ3n) is 2.63. The van der Waals surface area contributed by atoms with E-state index in [0.717, 1.165) is 11.4 Å². The first-order valence-electron chi connectivity index (χ1n) is 5.57. The SMILES string of the molecule is CC(C)(C)c1ccnn1-c1cccc(C#N)c1. The molecule has 3 nitrogen and oxygen atoms in total. The first-order chi connectivity index (χ1) is 8.02. The van der Waals surface area contributed by atoms with Gasteiger partial charge in [-0.1, -0.05) is 26.8 Å². The van der Waals surface area contributed by atoms with Crippen molar-refractivity contribution < 1.29 is 0 Å². The van der Waals surface area contributed by atoms with Crippen LogP contribution in [0.25, 0.3) is 5.69 Å². The molecule has 0 aliphatic carbocycles. The number of nitriles is 1. The Bertz CT molecular complexity index is 568. The minimum Gasteiger partial charge on any atom is -0.237 e. The molecule has 0 saturated carbocycles. The van der Waals surface area contributed by atoms with Gasteiger partial charge in [0.1, 0.15) is 0 Å². The molecule has 2 aromatic rings. The van der Waals surface area contributed by atoms with Crippen molar-refractivity contribution >= 4 is 0 Å². The average molecular weight is 225 g/mol. The standard InChI is InChI=1S/C14H15N3/c1-14(2,3)13-7-8-16-17(13)12-6-4-5-11(9-12)10-15/h4-9H,1-3H3. The van der Waals surface area contributed by atoms with Crippen LogP contribution >= 0.6 is 0 Å². The Hall–Kier alpha value is -2.08. The summed E-state index contributed by atoms with van der Waals surface area (Å²) in [6, 6.07) is 11.6. The van der Waals surface area contributed by atoms with Crippen molar-refractivity contribution in [2.24, 2.45) is 0 Å². The Morgan fingerprint density at radius 1 is 1.24 bits per heavy atom. The zero-order valence-corrected chi connectivity index (χ0v) is 10.3. The molecule has 0 aliphatic heterocycles. The lowest BCUT2D eigenvalue weighted by Gasteiger charge is -2.20. The van der Waals surface area contributed by atoms with Gasteiger partial charge < -0.3 is 0 Å². The predicted molar refractivity (Wildman–Crippen MR) is 67.0 cm³/mol. The van der Waals surface area contributed by atoms with Gasteiger partial charge in [0.05, 0.1) is 17.3 Å². The summed E-state index contributed by atoms with van der Waals surface area (Å²) >= 11 is 0. The third-order valence-corrected chi connectivity index (χ3v) is 2.63. The Morgan fingerprint density at radius 2 is 2.00 bits per heavy atom. The average Bonchev–Trinajstić information content (AvgIpc) is 2.77. The fraction of sp³-hybridized carbons (Fsp3) is 0.286. The Labute approximate surface area is 101 Å². The second kappa shape index (κ2) is 4.06. The van der Waals surface area contributed by atoms with Gasteiger partial charge in [-0.25, -0.2) is 4.68 Å². The van der Waals surface area contributed by atoms with Gasteiger partial charge in [0.25, 0.3) is 0 Å². The number of hydrogen-bond acceptors (Lipinski definition) is 2. The van der Waals surface area contributed by atoms with E-state index in [1.165, 1.54) is 0 Å². The summed E-state index contributed by atoms with van der Waals surface area (Å²) in [5, 5.41) is 13.2. The van der Waals surface area contributed by atoms with Gasteiger partial charge in [0.15, 0.2) is 0 Å². The number of rotatable bonds is 1. The molecule has 0 unspecified atom stereocenters. The molecule has 0 bridgehead atoms. The van der Waals surface area contributed by atoms with Crippen LogP contribution in [-0.2, 0) is 5.41 Å². The van der Waals surface area contributed by atoms with Crippen molar-refractivity contribution in [2.75, 3.05) is 0 Å². The van der Waals surface area contributed by atoms with Crippen molar-refractivity contribution in [3.05, 3.63) is 47.8 Å². The van der Waals surface area contributed by atoms with Crippen LogP contribution < -0.4 is 0 Å². The molecule has 17 heavy (non-hydrogen) atoms. The van der Waals surface area contributed by atoms with Crippen LogP contribution in [-0.4, -0.2) is 9.78 Å². The van der Waals surface area contributed by atoms with E-state index < -0.39 is 0 Å². The quantitative estimate of drug-likeness (QED) is 0.748. The van der Waals surface area contributed by atoms with E-state index in [0.29, 0.717) is 5.56 Å². The van der Waals surface area contributed by atoms with Gasteiger partial charge >= 0.3 is 0 Å². The topological polar surface area (TPSA) is 41.6 Å². The van der Waals surface area contributed by atoms with Crippen molar-refractivity contribution in [3.8, 4) is 11.8 Å². The van der Waals surface area contributed by atoms with Gasteiger partial charge in [-0.3, -0.25) is 0 Å². The molecule has 0 fully saturated rings. The molecule has 3 heteroatoms. The molecule has 0 spiro atoms. The second-order valence-corrected chi connectivity index (χ2v) is 5.04. The van der Waals surface area contributed by atoms with Gasteiger partial charge in [0.2, 0.25) is 0 Å². The molecular formula is C14H15N3. The number of aromatic nitrogens is 2. The van der Waals surface area contributed by atoms with Crippen LogP contribution in [0.15, 0.2) is 36.5 Å². The molecule has 0 radical (unpaired) electrons. The summed E-state index contributed by atoms with van der Waals surface area (Å²) in [7, 11) is 0. The highest BCUT2D eigenvalue weighted by molar-refractivity contribution is 5.42. The summed E-state index contributed by atoms with van der Waals surface area (Å²) in [6.45, 7) is 6.44. The molecule has 0 amide bonds. The molecule has 1 aromatic carbocycles. The number of benzene rings is 1. The second-order valence-electron chi connectivity index (χ2n) is 5.04. The van der Waals surface area contributed by atoms with Crippen molar-refractivity contribution in [3.63, 3.8) is 0 Å². The van der Waals surface area contributed by atoms with Gasteiger partial charge in [0, 0.05) is 17.3 Å².